The molecule has 0 aliphatic carbocycles. The third-order valence-electron chi connectivity index (χ3n) is 1.47. The monoisotopic (exact) mass is 187 g/mol. The molecule has 0 saturated carbocycles. The molecule has 0 aromatic rings. The molecule has 0 aliphatic heterocycles. The maximum atomic E-state index is 11.2. The standard InChI is InChI=1S/C8H17N3O2/c1-5(2)11-8(13)6(9)3-4-7(10)12/h5-6H,3-4,9H2,1-2H3,(H2,10,12)(H,11,13)/t6-/m1/s1. The summed E-state index contributed by atoms with van der Waals surface area (Å²) in [5, 5.41) is 2.65. The van der Waals surface area contributed by atoms with Crippen molar-refractivity contribution in [2.45, 2.75) is 38.8 Å². The minimum absolute atomic E-state index is 0.0622. The van der Waals surface area contributed by atoms with Crippen molar-refractivity contribution in [1.82, 2.24) is 5.32 Å². The molecule has 5 N–H and O–H groups in total. The van der Waals surface area contributed by atoms with Gasteiger partial charge >= 0.3 is 0 Å². The van der Waals surface area contributed by atoms with E-state index in [4.69, 9.17) is 11.5 Å². The van der Waals surface area contributed by atoms with Gasteiger partial charge in [0.1, 0.15) is 0 Å². The highest BCUT2D eigenvalue weighted by Crippen LogP contribution is 1.94. The highest BCUT2D eigenvalue weighted by Gasteiger charge is 2.14. The molecule has 0 aromatic heterocycles. The lowest BCUT2D eigenvalue weighted by Crippen LogP contribution is -2.43. The predicted molar refractivity (Wildman–Crippen MR) is 49.7 cm³/mol. The van der Waals surface area contributed by atoms with Gasteiger partial charge in [-0.05, 0) is 20.3 Å². The van der Waals surface area contributed by atoms with Crippen LogP contribution in [0.5, 0.6) is 0 Å². The van der Waals surface area contributed by atoms with E-state index in [1.807, 2.05) is 13.8 Å². The number of hydrogen-bond acceptors (Lipinski definition) is 3. The lowest BCUT2D eigenvalue weighted by atomic mass is 10.1. The van der Waals surface area contributed by atoms with E-state index in [1.54, 1.807) is 0 Å². The number of carbonyl (C=O) groups is 2. The fourth-order valence-electron chi connectivity index (χ4n) is 0.820. The fraction of sp³-hybridized carbons (Fsp3) is 0.750. The molecule has 13 heavy (non-hydrogen) atoms. The number of amides is 2. The summed E-state index contributed by atoms with van der Waals surface area (Å²) in [6, 6.07) is -0.581. The number of hydrogen-bond donors (Lipinski definition) is 3. The molecule has 76 valence electrons. The van der Waals surface area contributed by atoms with E-state index in [-0.39, 0.29) is 18.4 Å². The molecular formula is C8H17N3O2. The number of nitrogens with two attached hydrogens (primary N) is 2. The third-order valence-corrected chi connectivity index (χ3v) is 1.47. The van der Waals surface area contributed by atoms with Crippen molar-refractivity contribution in [2.75, 3.05) is 0 Å². The number of primary amides is 1. The van der Waals surface area contributed by atoms with Gasteiger partial charge in [0, 0.05) is 12.5 Å². The van der Waals surface area contributed by atoms with Gasteiger partial charge in [0.2, 0.25) is 11.8 Å². The Morgan fingerprint density at radius 3 is 2.31 bits per heavy atom. The molecule has 0 heterocycles. The van der Waals surface area contributed by atoms with Crippen molar-refractivity contribution in [2.24, 2.45) is 11.5 Å². The van der Waals surface area contributed by atoms with Crippen molar-refractivity contribution < 1.29 is 9.59 Å². The van der Waals surface area contributed by atoms with Gasteiger partial charge in [-0.25, -0.2) is 0 Å². The maximum absolute atomic E-state index is 11.2. The number of carbonyl (C=O) groups excluding carboxylic acids is 2. The van der Waals surface area contributed by atoms with Gasteiger partial charge < -0.3 is 16.8 Å². The Morgan fingerprint density at radius 2 is 1.92 bits per heavy atom. The van der Waals surface area contributed by atoms with E-state index in [0.717, 1.165) is 0 Å². The van der Waals surface area contributed by atoms with Gasteiger partial charge in [0.15, 0.2) is 0 Å². The third kappa shape index (κ3) is 6.10. The Balaban J connectivity index is 3.76. The first-order valence-corrected chi connectivity index (χ1v) is 4.27. The molecule has 1 atom stereocenters. The highest BCUT2D eigenvalue weighted by atomic mass is 16.2. The van der Waals surface area contributed by atoms with Crippen molar-refractivity contribution in [3.8, 4) is 0 Å². The van der Waals surface area contributed by atoms with Gasteiger partial charge in [-0.15, -0.1) is 0 Å². The molecule has 5 nitrogen and oxygen atoms in total. The summed E-state index contributed by atoms with van der Waals surface area (Å²) in [7, 11) is 0. The molecule has 0 aliphatic rings. The van der Waals surface area contributed by atoms with E-state index < -0.39 is 11.9 Å². The van der Waals surface area contributed by atoms with Crippen molar-refractivity contribution in [3.63, 3.8) is 0 Å². The number of rotatable bonds is 5. The Labute approximate surface area is 77.8 Å². The molecular weight excluding hydrogens is 170 g/mol. The van der Waals surface area contributed by atoms with Gasteiger partial charge in [-0.3, -0.25) is 9.59 Å². The molecule has 0 rings (SSSR count). The summed E-state index contributed by atoms with van der Waals surface area (Å²) in [5.41, 5.74) is 10.4. The summed E-state index contributed by atoms with van der Waals surface area (Å²) in [6.45, 7) is 3.69. The first-order valence-electron chi connectivity index (χ1n) is 4.27. The highest BCUT2D eigenvalue weighted by molar-refractivity contribution is 5.82. The normalized spacial score (nSPS) is 12.6. The second-order valence-corrected chi connectivity index (χ2v) is 3.27. The summed E-state index contributed by atoms with van der Waals surface area (Å²) in [4.78, 5) is 21.6. The topological polar surface area (TPSA) is 98.2 Å². The van der Waals surface area contributed by atoms with Gasteiger partial charge in [0.25, 0.3) is 0 Å². The van der Waals surface area contributed by atoms with E-state index in [2.05, 4.69) is 5.32 Å². The van der Waals surface area contributed by atoms with Crippen molar-refractivity contribution >= 4 is 11.8 Å². The Bertz CT molecular complexity index is 192. The number of nitrogens with one attached hydrogen (secondary N) is 1. The SMILES string of the molecule is CC(C)NC(=O)[C@H](N)CCC(N)=O. The summed E-state index contributed by atoms with van der Waals surface area (Å²) < 4.78 is 0. The van der Waals surface area contributed by atoms with Crippen LogP contribution in [0.3, 0.4) is 0 Å². The van der Waals surface area contributed by atoms with Crippen LogP contribution in [0.4, 0.5) is 0 Å². The molecule has 0 bridgehead atoms. The molecule has 0 radical (unpaired) electrons. The van der Waals surface area contributed by atoms with Crippen LogP contribution in [0.25, 0.3) is 0 Å². The molecule has 5 heteroatoms. The minimum atomic E-state index is -0.644. The molecule has 0 saturated heterocycles. The zero-order chi connectivity index (χ0) is 10.4. The zero-order valence-corrected chi connectivity index (χ0v) is 8.04. The summed E-state index contributed by atoms with van der Waals surface area (Å²) in [6.07, 6.45) is 0.445. The van der Waals surface area contributed by atoms with E-state index >= 15 is 0 Å². The lowest BCUT2D eigenvalue weighted by Gasteiger charge is -2.13. The molecule has 0 spiro atoms. The lowest BCUT2D eigenvalue weighted by molar-refractivity contribution is -0.123. The molecule has 2 amide bonds. The molecule has 0 unspecified atom stereocenters. The maximum Gasteiger partial charge on any atom is 0.237 e. The second kappa shape index (κ2) is 5.53. The second-order valence-electron chi connectivity index (χ2n) is 3.27. The van der Waals surface area contributed by atoms with Crippen LogP contribution < -0.4 is 16.8 Å². The first-order chi connectivity index (χ1) is 5.93. The van der Waals surface area contributed by atoms with Crippen molar-refractivity contribution in [1.29, 1.82) is 0 Å². The Kier molecular flexibility index (Phi) is 5.06. The van der Waals surface area contributed by atoms with Gasteiger partial charge in [-0.2, -0.15) is 0 Å². The largest absolute Gasteiger partial charge is 0.370 e. The predicted octanol–water partition coefficient (Wildman–Crippen LogP) is -0.896. The van der Waals surface area contributed by atoms with E-state index in [9.17, 15) is 9.59 Å². The van der Waals surface area contributed by atoms with E-state index in [1.165, 1.54) is 0 Å². The van der Waals surface area contributed by atoms with Crippen LogP contribution in [-0.2, 0) is 9.59 Å². The smallest absolute Gasteiger partial charge is 0.237 e. The first kappa shape index (κ1) is 11.9. The van der Waals surface area contributed by atoms with Crippen LogP contribution >= 0.6 is 0 Å². The Hall–Kier alpha value is -1.10. The summed E-state index contributed by atoms with van der Waals surface area (Å²) >= 11 is 0. The van der Waals surface area contributed by atoms with Gasteiger partial charge in [0.05, 0.1) is 6.04 Å². The van der Waals surface area contributed by atoms with Crippen LogP contribution in [0, 0.1) is 0 Å². The average molecular weight is 187 g/mol. The van der Waals surface area contributed by atoms with Crippen LogP contribution in [0.15, 0.2) is 0 Å². The van der Waals surface area contributed by atoms with E-state index in [0.29, 0.717) is 6.42 Å². The molecule has 0 aromatic carbocycles. The van der Waals surface area contributed by atoms with Gasteiger partial charge in [-0.1, -0.05) is 0 Å². The zero-order valence-electron chi connectivity index (χ0n) is 8.04. The van der Waals surface area contributed by atoms with Crippen LogP contribution in [0.1, 0.15) is 26.7 Å². The quantitative estimate of drug-likeness (QED) is 0.520. The summed E-state index contributed by atoms with van der Waals surface area (Å²) in [5.74, 6) is -0.677. The van der Waals surface area contributed by atoms with Crippen LogP contribution in [0.2, 0.25) is 0 Å². The molecule has 0 fully saturated rings. The minimum Gasteiger partial charge on any atom is -0.370 e. The average Bonchev–Trinajstić information content (AvgIpc) is 1.98. The van der Waals surface area contributed by atoms with Crippen LogP contribution in [-0.4, -0.2) is 23.9 Å². The van der Waals surface area contributed by atoms with Crippen molar-refractivity contribution in [3.05, 3.63) is 0 Å². The fourth-order valence-corrected chi connectivity index (χ4v) is 0.820. The Morgan fingerprint density at radius 1 is 1.38 bits per heavy atom.